The minimum absolute atomic E-state index is 0.0460. The van der Waals surface area contributed by atoms with Crippen LogP contribution < -0.4 is 16.1 Å². The number of nitrogens with zero attached hydrogens (tertiary/aromatic N) is 5. The molecule has 3 N–H and O–H groups in total. The maximum absolute atomic E-state index is 13.2. The monoisotopic (exact) mass is 472 g/mol. The van der Waals surface area contributed by atoms with Crippen LogP contribution in [0.15, 0.2) is 56.9 Å². The Morgan fingerprint density at radius 3 is 2.68 bits per heavy atom. The predicted molar refractivity (Wildman–Crippen MR) is 119 cm³/mol. The Morgan fingerprint density at radius 1 is 1.29 bits per heavy atom. The zero-order valence-corrected chi connectivity index (χ0v) is 18.2. The standard InChI is InChI=1S/C22H23F3N8O/c1-14-8-17(22(23,24)25)12-30-31-13-18(14)20-16(9-27)11-29-21(32-20)28-10-15-3-6-33(7-4-15)19(34)2-5-26/h8,11-13,15,21,28,31-32H,1-4,6-7,10H2/b17-8+,18-13+,30-12-. The number of hydrazone groups is 1. The van der Waals surface area contributed by atoms with Gasteiger partial charge in [0.2, 0.25) is 5.91 Å². The Hall–Kier alpha value is -3.90. The molecule has 0 spiro atoms. The van der Waals surface area contributed by atoms with Crippen LogP contribution in [0.5, 0.6) is 0 Å². The number of nitrogens with one attached hydrogen (secondary N) is 3. The van der Waals surface area contributed by atoms with Crippen molar-refractivity contribution in [1.29, 1.82) is 10.5 Å². The number of nitriles is 2. The molecule has 34 heavy (non-hydrogen) atoms. The molecule has 1 atom stereocenters. The molecule has 3 rings (SSSR count). The summed E-state index contributed by atoms with van der Waals surface area (Å²) in [4.78, 5) is 17.8. The van der Waals surface area contributed by atoms with Gasteiger partial charge < -0.3 is 10.2 Å². The summed E-state index contributed by atoms with van der Waals surface area (Å²) in [5, 5.41) is 28.0. The molecule has 12 heteroatoms. The van der Waals surface area contributed by atoms with E-state index in [1.807, 2.05) is 12.1 Å². The smallest absolute Gasteiger partial charge is 0.350 e. The number of alkyl halides is 3. The number of hydrogen-bond acceptors (Lipinski definition) is 8. The zero-order valence-electron chi connectivity index (χ0n) is 18.2. The van der Waals surface area contributed by atoms with Crippen LogP contribution in [0.1, 0.15) is 19.3 Å². The van der Waals surface area contributed by atoms with Crippen LogP contribution in [0.25, 0.3) is 0 Å². The fraction of sp³-hybridized carbons (Fsp3) is 0.409. The lowest BCUT2D eigenvalue weighted by atomic mass is 9.96. The number of aliphatic imine (C=N–C) groups is 1. The Morgan fingerprint density at radius 2 is 2.03 bits per heavy atom. The minimum Gasteiger partial charge on any atom is -0.350 e. The molecule has 9 nitrogen and oxygen atoms in total. The highest BCUT2D eigenvalue weighted by molar-refractivity contribution is 5.88. The molecular weight excluding hydrogens is 449 g/mol. The Balaban J connectivity index is 1.65. The van der Waals surface area contributed by atoms with Crippen molar-refractivity contribution < 1.29 is 18.0 Å². The molecule has 1 amide bonds. The van der Waals surface area contributed by atoms with Crippen LogP contribution in [-0.4, -0.2) is 55.3 Å². The first-order valence-corrected chi connectivity index (χ1v) is 10.5. The minimum atomic E-state index is -4.61. The molecule has 178 valence electrons. The third kappa shape index (κ3) is 6.11. The van der Waals surface area contributed by atoms with Gasteiger partial charge in [-0.2, -0.15) is 28.8 Å². The average Bonchev–Trinajstić information content (AvgIpc) is 2.80. The van der Waals surface area contributed by atoms with E-state index in [0.717, 1.165) is 18.9 Å². The topological polar surface area (TPSA) is 129 Å². The van der Waals surface area contributed by atoms with Gasteiger partial charge >= 0.3 is 6.18 Å². The number of rotatable bonds is 5. The number of hydrogen-bond donors (Lipinski definition) is 3. The van der Waals surface area contributed by atoms with Crippen molar-refractivity contribution in [3.8, 4) is 12.1 Å². The highest BCUT2D eigenvalue weighted by Crippen LogP contribution is 2.29. The van der Waals surface area contributed by atoms with Gasteiger partial charge in [0, 0.05) is 37.6 Å². The lowest BCUT2D eigenvalue weighted by Gasteiger charge is -2.33. The molecule has 0 aromatic rings. The van der Waals surface area contributed by atoms with E-state index in [0.29, 0.717) is 25.8 Å². The van der Waals surface area contributed by atoms with Crippen molar-refractivity contribution >= 4 is 18.3 Å². The first-order valence-electron chi connectivity index (χ1n) is 10.5. The number of likely N-dealkylation sites (tertiary alicyclic amines) is 1. The molecule has 0 aromatic heterocycles. The van der Waals surface area contributed by atoms with Gasteiger partial charge in [-0.3, -0.25) is 20.5 Å². The average molecular weight is 472 g/mol. The molecule has 3 heterocycles. The van der Waals surface area contributed by atoms with Crippen LogP contribution in [0.3, 0.4) is 0 Å². The molecule has 0 bridgehead atoms. The van der Waals surface area contributed by atoms with Crippen molar-refractivity contribution in [1.82, 2.24) is 21.0 Å². The van der Waals surface area contributed by atoms with Gasteiger partial charge in [-0.15, -0.1) is 0 Å². The SMILES string of the molecule is C=C1/C=C(C(F)(F)F)\C=N/N/C=C\1C1=C(C#N)C=NC(NCC2CCN(C(=O)CC#N)CC2)N1. The number of halogens is 3. The summed E-state index contributed by atoms with van der Waals surface area (Å²) in [6.07, 6.45) is 0.447. The van der Waals surface area contributed by atoms with Crippen molar-refractivity contribution in [2.24, 2.45) is 16.0 Å². The largest absolute Gasteiger partial charge is 0.417 e. The van der Waals surface area contributed by atoms with Crippen LogP contribution in [0.4, 0.5) is 13.2 Å². The Bertz CT molecular complexity index is 1060. The van der Waals surface area contributed by atoms with Gasteiger partial charge in [0.25, 0.3) is 0 Å². The fourth-order valence-corrected chi connectivity index (χ4v) is 3.71. The van der Waals surface area contributed by atoms with Crippen molar-refractivity contribution in [2.75, 3.05) is 19.6 Å². The van der Waals surface area contributed by atoms with E-state index in [9.17, 15) is 23.2 Å². The molecular formula is C22H23F3N8O. The van der Waals surface area contributed by atoms with E-state index in [4.69, 9.17) is 5.26 Å². The van der Waals surface area contributed by atoms with Gasteiger partial charge in [0.1, 0.15) is 12.5 Å². The van der Waals surface area contributed by atoms with Gasteiger partial charge in [0.15, 0.2) is 6.29 Å². The summed E-state index contributed by atoms with van der Waals surface area (Å²) in [5.74, 6) is 0.108. The zero-order chi connectivity index (χ0) is 24.7. The Labute approximate surface area is 194 Å². The molecule has 0 aromatic carbocycles. The third-order valence-electron chi connectivity index (χ3n) is 5.58. The molecule has 3 aliphatic heterocycles. The third-order valence-corrected chi connectivity index (χ3v) is 5.58. The van der Waals surface area contributed by atoms with Gasteiger partial charge in [0.05, 0.1) is 29.1 Å². The lowest BCUT2D eigenvalue weighted by Crippen LogP contribution is -2.47. The fourth-order valence-electron chi connectivity index (χ4n) is 3.71. The van der Waals surface area contributed by atoms with Crippen LogP contribution in [0, 0.1) is 28.6 Å². The maximum Gasteiger partial charge on any atom is 0.417 e. The van der Waals surface area contributed by atoms with E-state index in [2.05, 4.69) is 32.7 Å². The van der Waals surface area contributed by atoms with Crippen LogP contribution in [0.2, 0.25) is 0 Å². The molecule has 1 unspecified atom stereocenters. The van der Waals surface area contributed by atoms with E-state index in [-0.39, 0.29) is 40.7 Å². The summed E-state index contributed by atoms with van der Waals surface area (Å²) >= 11 is 0. The van der Waals surface area contributed by atoms with Crippen molar-refractivity contribution in [3.05, 3.63) is 46.8 Å². The lowest BCUT2D eigenvalue weighted by molar-refractivity contribution is -0.131. The molecule has 1 saturated heterocycles. The molecule has 0 radical (unpaired) electrons. The van der Waals surface area contributed by atoms with E-state index in [1.165, 1.54) is 12.4 Å². The van der Waals surface area contributed by atoms with E-state index in [1.54, 1.807) is 4.90 Å². The summed E-state index contributed by atoms with van der Waals surface area (Å²) in [6.45, 7) is 5.46. The number of allylic oxidation sites excluding steroid dienone is 4. The summed E-state index contributed by atoms with van der Waals surface area (Å²) in [5.41, 5.74) is 2.17. The van der Waals surface area contributed by atoms with Crippen molar-refractivity contribution in [2.45, 2.75) is 31.7 Å². The second-order valence-electron chi connectivity index (χ2n) is 7.86. The first kappa shape index (κ1) is 24.7. The van der Waals surface area contributed by atoms with Crippen LogP contribution in [-0.2, 0) is 4.79 Å². The normalized spacial score (nSPS) is 25.4. The molecule has 1 fully saturated rings. The molecule has 0 saturated carbocycles. The van der Waals surface area contributed by atoms with Gasteiger partial charge in [-0.1, -0.05) is 6.58 Å². The predicted octanol–water partition coefficient (Wildman–Crippen LogP) is 1.98. The molecule has 0 aliphatic carbocycles. The van der Waals surface area contributed by atoms with Gasteiger partial charge in [-0.05, 0) is 30.4 Å². The second kappa shape index (κ2) is 10.8. The summed E-state index contributed by atoms with van der Waals surface area (Å²) in [7, 11) is 0. The number of piperidine rings is 1. The summed E-state index contributed by atoms with van der Waals surface area (Å²) in [6, 6.07) is 3.86. The second-order valence-corrected chi connectivity index (χ2v) is 7.86. The van der Waals surface area contributed by atoms with Gasteiger partial charge in [-0.25, -0.2) is 0 Å². The first-order chi connectivity index (χ1) is 16.2. The highest BCUT2D eigenvalue weighted by Gasteiger charge is 2.33. The van der Waals surface area contributed by atoms with E-state index >= 15 is 0 Å². The summed E-state index contributed by atoms with van der Waals surface area (Å²) < 4.78 is 39.6. The number of amides is 1. The highest BCUT2D eigenvalue weighted by atomic mass is 19.4. The number of carbonyl (C=O) groups is 1. The van der Waals surface area contributed by atoms with E-state index < -0.39 is 18.0 Å². The quantitative estimate of drug-likeness (QED) is 0.561. The number of carbonyl (C=O) groups excluding carboxylic acids is 1. The van der Waals surface area contributed by atoms with Crippen molar-refractivity contribution in [3.63, 3.8) is 0 Å². The van der Waals surface area contributed by atoms with Crippen LogP contribution >= 0.6 is 0 Å². The Kier molecular flexibility index (Phi) is 7.87. The maximum atomic E-state index is 13.2. The molecule has 3 aliphatic rings.